The van der Waals surface area contributed by atoms with E-state index in [4.69, 9.17) is 6.42 Å². The van der Waals surface area contributed by atoms with Gasteiger partial charge >= 0.3 is 0 Å². The lowest BCUT2D eigenvalue weighted by atomic mass is 10.2. The first-order chi connectivity index (χ1) is 9.10. The Balaban J connectivity index is 2.72. The molecule has 104 valence electrons. The molecular weight excluding hydrogens is 326 g/mol. The van der Waals surface area contributed by atoms with Gasteiger partial charge in [0.25, 0.3) is 5.56 Å². The Morgan fingerprint density at radius 1 is 1.68 bits per heavy atom. The SMILES string of the molecule is C#CCn1ncc(NC(C)CCSCC)c(Br)c1=O. The molecule has 0 aliphatic heterocycles. The maximum atomic E-state index is 11.9. The van der Waals surface area contributed by atoms with Crippen molar-refractivity contribution in [3.63, 3.8) is 0 Å². The summed E-state index contributed by atoms with van der Waals surface area (Å²) in [4.78, 5) is 11.9. The Kier molecular flexibility index (Phi) is 7.03. The number of hydrogen-bond acceptors (Lipinski definition) is 4. The number of aromatic nitrogens is 2. The summed E-state index contributed by atoms with van der Waals surface area (Å²) in [5.74, 6) is 4.63. The van der Waals surface area contributed by atoms with E-state index >= 15 is 0 Å². The molecule has 4 nitrogen and oxygen atoms in total. The Labute approximate surface area is 126 Å². The minimum atomic E-state index is -0.210. The summed E-state index contributed by atoms with van der Waals surface area (Å²) < 4.78 is 1.74. The predicted octanol–water partition coefficient (Wildman–Crippen LogP) is 2.58. The molecule has 1 aromatic heterocycles. The highest BCUT2D eigenvalue weighted by atomic mass is 79.9. The second-order valence-corrected chi connectivity index (χ2v) is 6.26. The first-order valence-corrected chi connectivity index (χ1v) is 8.08. The van der Waals surface area contributed by atoms with Crippen LogP contribution in [0.15, 0.2) is 15.5 Å². The van der Waals surface area contributed by atoms with E-state index < -0.39 is 0 Å². The van der Waals surface area contributed by atoms with Gasteiger partial charge < -0.3 is 5.32 Å². The third-order valence-electron chi connectivity index (χ3n) is 2.53. The monoisotopic (exact) mass is 343 g/mol. The van der Waals surface area contributed by atoms with Crippen LogP contribution in [0.1, 0.15) is 20.3 Å². The topological polar surface area (TPSA) is 46.9 Å². The largest absolute Gasteiger partial charge is 0.380 e. The minimum absolute atomic E-state index is 0.181. The number of rotatable bonds is 7. The summed E-state index contributed by atoms with van der Waals surface area (Å²) in [7, 11) is 0. The van der Waals surface area contributed by atoms with Crippen LogP contribution in [0.4, 0.5) is 5.69 Å². The van der Waals surface area contributed by atoms with E-state index in [0.29, 0.717) is 16.2 Å². The van der Waals surface area contributed by atoms with Gasteiger partial charge in [-0.3, -0.25) is 4.79 Å². The zero-order valence-electron chi connectivity index (χ0n) is 11.1. The summed E-state index contributed by atoms with van der Waals surface area (Å²) in [5, 5.41) is 7.33. The second-order valence-electron chi connectivity index (χ2n) is 4.07. The molecule has 0 fully saturated rings. The standard InChI is InChI=1S/C13H18BrN3OS/c1-4-7-17-13(18)12(14)11(9-15-17)16-10(3)6-8-19-5-2/h1,9-10,16H,5-8H2,2-3H3. The van der Waals surface area contributed by atoms with E-state index in [1.54, 1.807) is 6.20 Å². The molecule has 0 aromatic carbocycles. The van der Waals surface area contributed by atoms with Crippen LogP contribution in [0.3, 0.4) is 0 Å². The van der Waals surface area contributed by atoms with Gasteiger partial charge in [0.05, 0.1) is 11.9 Å². The smallest absolute Gasteiger partial charge is 0.284 e. The van der Waals surface area contributed by atoms with Crippen LogP contribution in [0.2, 0.25) is 0 Å². The van der Waals surface area contributed by atoms with Crippen LogP contribution in [0.5, 0.6) is 0 Å². The molecule has 0 saturated heterocycles. The van der Waals surface area contributed by atoms with Crippen molar-refractivity contribution < 1.29 is 0 Å². The van der Waals surface area contributed by atoms with Crippen molar-refractivity contribution in [2.75, 3.05) is 16.8 Å². The second kappa shape index (κ2) is 8.28. The Morgan fingerprint density at radius 2 is 2.42 bits per heavy atom. The number of thioether (sulfide) groups is 1. The number of nitrogens with one attached hydrogen (secondary N) is 1. The van der Waals surface area contributed by atoms with Gasteiger partial charge in [0, 0.05) is 6.04 Å². The van der Waals surface area contributed by atoms with Crippen LogP contribution >= 0.6 is 27.7 Å². The summed E-state index contributed by atoms with van der Waals surface area (Å²) >= 11 is 5.21. The Bertz CT molecular complexity index is 510. The van der Waals surface area contributed by atoms with Crippen molar-refractivity contribution in [2.45, 2.75) is 32.9 Å². The minimum Gasteiger partial charge on any atom is -0.380 e. The maximum Gasteiger partial charge on any atom is 0.284 e. The van der Waals surface area contributed by atoms with E-state index in [1.807, 2.05) is 11.8 Å². The van der Waals surface area contributed by atoms with Gasteiger partial charge in [-0.15, -0.1) is 6.42 Å². The fourth-order valence-electron chi connectivity index (χ4n) is 1.51. The number of terminal acetylenes is 1. The fraction of sp³-hybridized carbons (Fsp3) is 0.538. The quantitative estimate of drug-likeness (QED) is 0.610. The lowest BCUT2D eigenvalue weighted by Crippen LogP contribution is -2.26. The first-order valence-electron chi connectivity index (χ1n) is 6.13. The van der Waals surface area contributed by atoms with Gasteiger partial charge in [-0.25, -0.2) is 4.68 Å². The average Bonchev–Trinajstić information content (AvgIpc) is 2.39. The van der Waals surface area contributed by atoms with Crippen LogP contribution in [0, 0.1) is 12.3 Å². The molecule has 0 aliphatic carbocycles. The molecule has 0 radical (unpaired) electrons. The highest BCUT2D eigenvalue weighted by Gasteiger charge is 2.10. The number of nitrogens with zero attached hydrogens (tertiary/aromatic N) is 2. The zero-order valence-corrected chi connectivity index (χ0v) is 13.6. The van der Waals surface area contributed by atoms with Crippen molar-refractivity contribution in [1.29, 1.82) is 0 Å². The molecule has 1 heterocycles. The third kappa shape index (κ3) is 4.92. The molecule has 1 rings (SSSR count). The molecule has 19 heavy (non-hydrogen) atoms. The Morgan fingerprint density at radius 3 is 3.05 bits per heavy atom. The van der Waals surface area contributed by atoms with Gasteiger partial charge in [-0.2, -0.15) is 16.9 Å². The predicted molar refractivity (Wildman–Crippen MR) is 85.7 cm³/mol. The summed E-state index contributed by atoms with van der Waals surface area (Å²) in [6.07, 6.45) is 7.85. The van der Waals surface area contributed by atoms with E-state index in [9.17, 15) is 4.79 Å². The van der Waals surface area contributed by atoms with Gasteiger partial charge in [-0.05, 0) is 40.8 Å². The molecule has 0 aliphatic rings. The first kappa shape index (κ1) is 16.1. The normalized spacial score (nSPS) is 11.9. The van der Waals surface area contributed by atoms with E-state index in [1.165, 1.54) is 4.68 Å². The van der Waals surface area contributed by atoms with E-state index in [0.717, 1.165) is 17.9 Å². The lowest BCUT2D eigenvalue weighted by Gasteiger charge is -2.16. The maximum absolute atomic E-state index is 11.9. The zero-order chi connectivity index (χ0) is 14.3. The van der Waals surface area contributed by atoms with Crippen LogP contribution in [0.25, 0.3) is 0 Å². The number of anilines is 1. The van der Waals surface area contributed by atoms with Gasteiger partial charge in [0.2, 0.25) is 0 Å². The number of hydrogen-bond donors (Lipinski definition) is 1. The van der Waals surface area contributed by atoms with Crippen molar-refractivity contribution in [3.8, 4) is 12.3 Å². The fourth-order valence-corrected chi connectivity index (χ4v) is 2.74. The Hall–Kier alpha value is -0.930. The van der Waals surface area contributed by atoms with Crippen molar-refractivity contribution in [2.24, 2.45) is 0 Å². The molecule has 1 N–H and O–H groups in total. The van der Waals surface area contributed by atoms with E-state index in [-0.39, 0.29) is 12.1 Å². The highest BCUT2D eigenvalue weighted by Crippen LogP contribution is 2.18. The lowest BCUT2D eigenvalue weighted by molar-refractivity contribution is 0.657. The van der Waals surface area contributed by atoms with Crippen LogP contribution < -0.4 is 10.9 Å². The van der Waals surface area contributed by atoms with Crippen molar-refractivity contribution in [3.05, 3.63) is 21.0 Å². The highest BCUT2D eigenvalue weighted by molar-refractivity contribution is 9.10. The average molecular weight is 344 g/mol. The molecule has 1 atom stereocenters. The molecule has 0 amide bonds. The number of halogens is 1. The summed E-state index contributed by atoms with van der Waals surface area (Å²) in [5.41, 5.74) is 0.505. The molecule has 0 spiro atoms. The van der Waals surface area contributed by atoms with Crippen LogP contribution in [-0.2, 0) is 6.54 Å². The molecule has 0 bridgehead atoms. The van der Waals surface area contributed by atoms with E-state index in [2.05, 4.69) is 46.1 Å². The van der Waals surface area contributed by atoms with Crippen molar-refractivity contribution >= 4 is 33.4 Å². The van der Waals surface area contributed by atoms with Crippen LogP contribution in [-0.4, -0.2) is 27.3 Å². The molecule has 1 aromatic rings. The van der Waals surface area contributed by atoms with Gasteiger partial charge in [0.1, 0.15) is 11.0 Å². The third-order valence-corrected chi connectivity index (χ3v) is 4.23. The summed E-state index contributed by atoms with van der Waals surface area (Å²) in [6.45, 7) is 4.42. The molecule has 1 unspecified atom stereocenters. The molecule has 0 saturated carbocycles. The summed E-state index contributed by atoms with van der Waals surface area (Å²) in [6, 6.07) is 0.292. The van der Waals surface area contributed by atoms with Gasteiger partial charge in [-0.1, -0.05) is 12.8 Å². The van der Waals surface area contributed by atoms with Gasteiger partial charge in [0.15, 0.2) is 0 Å². The van der Waals surface area contributed by atoms with Crippen molar-refractivity contribution in [1.82, 2.24) is 9.78 Å². The molecular formula is C13H18BrN3OS. The molecule has 6 heteroatoms.